The van der Waals surface area contributed by atoms with Crippen LogP contribution in [0.4, 0.5) is 0 Å². The van der Waals surface area contributed by atoms with Gasteiger partial charge in [0.25, 0.3) is 0 Å². The first-order valence-electron chi connectivity index (χ1n) is 8.74. The number of halogens is 2. The van der Waals surface area contributed by atoms with Crippen LogP contribution in [0.5, 0.6) is 11.5 Å². The number of ether oxygens (including phenoxy) is 3. The maximum Gasteiger partial charge on any atom is 0.363 e. The van der Waals surface area contributed by atoms with E-state index in [1.54, 1.807) is 43.5 Å². The molecule has 0 saturated heterocycles. The van der Waals surface area contributed by atoms with E-state index < -0.39 is 5.97 Å². The zero-order valence-electron chi connectivity index (χ0n) is 15.7. The molecule has 0 aliphatic carbocycles. The molecule has 1 heterocycles. The zero-order chi connectivity index (χ0) is 20.3. The Labute approximate surface area is 177 Å². The number of benzene rings is 2. The van der Waals surface area contributed by atoms with Gasteiger partial charge in [0, 0.05) is 0 Å². The first-order chi connectivity index (χ1) is 13.4. The molecular formula is C21H19BrClNO4. The second-order valence-corrected chi connectivity index (χ2v) is 7.45. The van der Waals surface area contributed by atoms with E-state index in [-0.39, 0.29) is 17.7 Å². The van der Waals surface area contributed by atoms with Crippen molar-refractivity contribution in [3.8, 4) is 11.5 Å². The molecule has 0 bridgehead atoms. The Morgan fingerprint density at radius 2 is 2.07 bits per heavy atom. The lowest BCUT2D eigenvalue weighted by Gasteiger charge is -2.17. The molecule has 0 saturated carbocycles. The van der Waals surface area contributed by atoms with Crippen LogP contribution in [-0.4, -0.2) is 25.1 Å². The van der Waals surface area contributed by atoms with Gasteiger partial charge in [-0.15, -0.1) is 0 Å². The van der Waals surface area contributed by atoms with Crippen molar-refractivity contribution in [2.24, 2.45) is 4.99 Å². The summed E-state index contributed by atoms with van der Waals surface area (Å²) in [6.45, 7) is 4.03. The molecule has 1 unspecified atom stereocenters. The molecule has 0 radical (unpaired) electrons. The monoisotopic (exact) mass is 463 g/mol. The smallest absolute Gasteiger partial charge is 0.363 e. The highest BCUT2D eigenvalue weighted by Gasteiger charge is 2.25. The van der Waals surface area contributed by atoms with E-state index in [0.717, 1.165) is 16.5 Å². The van der Waals surface area contributed by atoms with E-state index in [1.165, 1.54) is 0 Å². The largest absolute Gasteiger partial charge is 0.493 e. The summed E-state index contributed by atoms with van der Waals surface area (Å²) in [7, 11) is 1.57. The summed E-state index contributed by atoms with van der Waals surface area (Å²) in [4.78, 5) is 16.5. The quantitative estimate of drug-likeness (QED) is 0.410. The van der Waals surface area contributed by atoms with Crippen molar-refractivity contribution >= 4 is 45.5 Å². The predicted octanol–water partition coefficient (Wildman–Crippen LogP) is 5.63. The summed E-state index contributed by atoms with van der Waals surface area (Å²) in [5.41, 5.74) is 1.47. The fraction of sp³-hybridized carbons (Fsp3) is 0.238. The summed E-state index contributed by atoms with van der Waals surface area (Å²) in [6, 6.07) is 10.7. The lowest BCUT2D eigenvalue weighted by atomic mass is 10.1. The molecule has 28 heavy (non-hydrogen) atoms. The Morgan fingerprint density at radius 3 is 2.75 bits per heavy atom. The third-order valence-corrected chi connectivity index (χ3v) is 5.09. The van der Waals surface area contributed by atoms with E-state index in [2.05, 4.69) is 20.9 Å². The van der Waals surface area contributed by atoms with Gasteiger partial charge in [-0.2, -0.15) is 0 Å². The molecule has 7 heteroatoms. The molecule has 0 amide bonds. The number of carbonyl (C=O) groups excluding carboxylic acids is 1. The molecule has 0 fully saturated rings. The van der Waals surface area contributed by atoms with Gasteiger partial charge in [0.2, 0.25) is 5.90 Å². The van der Waals surface area contributed by atoms with E-state index in [4.69, 9.17) is 25.8 Å². The van der Waals surface area contributed by atoms with Gasteiger partial charge in [-0.3, -0.25) is 0 Å². The Bertz CT molecular complexity index is 971. The van der Waals surface area contributed by atoms with Gasteiger partial charge in [-0.05, 0) is 65.2 Å². The minimum Gasteiger partial charge on any atom is -0.493 e. The summed E-state index contributed by atoms with van der Waals surface area (Å²) < 4.78 is 17.4. The Balaban J connectivity index is 1.96. The molecule has 1 atom stereocenters. The molecule has 2 aromatic rings. The molecule has 2 aromatic carbocycles. The standard InChI is InChI=1S/C21H19BrClNO4/c1-4-12(2)27-19-15(22)9-13(11-18(19)26-3)10-17-21(25)28-20(24-17)14-7-5-6-8-16(14)23/h5-12H,4H2,1-3H3/b17-10-. The van der Waals surface area contributed by atoms with Crippen molar-refractivity contribution in [1.29, 1.82) is 0 Å². The van der Waals surface area contributed by atoms with Crippen molar-refractivity contribution in [2.75, 3.05) is 7.11 Å². The lowest BCUT2D eigenvalue weighted by Crippen LogP contribution is -2.11. The maximum absolute atomic E-state index is 12.2. The zero-order valence-corrected chi connectivity index (χ0v) is 18.0. The van der Waals surface area contributed by atoms with Crippen molar-refractivity contribution in [3.63, 3.8) is 0 Å². The average molecular weight is 465 g/mol. The molecule has 0 N–H and O–H groups in total. The van der Waals surface area contributed by atoms with Gasteiger partial charge in [0.15, 0.2) is 17.2 Å². The van der Waals surface area contributed by atoms with Crippen LogP contribution in [0, 0.1) is 0 Å². The number of carbonyl (C=O) groups is 1. The Morgan fingerprint density at radius 1 is 1.32 bits per heavy atom. The minimum atomic E-state index is -0.537. The summed E-state index contributed by atoms with van der Waals surface area (Å²) >= 11 is 9.68. The van der Waals surface area contributed by atoms with Gasteiger partial charge < -0.3 is 14.2 Å². The topological polar surface area (TPSA) is 57.1 Å². The van der Waals surface area contributed by atoms with E-state index in [9.17, 15) is 4.79 Å². The van der Waals surface area contributed by atoms with Crippen LogP contribution in [0.2, 0.25) is 5.02 Å². The van der Waals surface area contributed by atoms with Gasteiger partial charge >= 0.3 is 5.97 Å². The van der Waals surface area contributed by atoms with Gasteiger partial charge in [-0.1, -0.05) is 30.7 Å². The highest BCUT2D eigenvalue weighted by molar-refractivity contribution is 9.10. The van der Waals surface area contributed by atoms with Gasteiger partial charge in [0.05, 0.1) is 28.3 Å². The number of rotatable bonds is 6. The van der Waals surface area contributed by atoms with E-state index in [1.807, 2.05) is 19.9 Å². The van der Waals surface area contributed by atoms with E-state index in [0.29, 0.717) is 22.1 Å². The number of nitrogens with zero attached hydrogens (tertiary/aromatic N) is 1. The highest BCUT2D eigenvalue weighted by Crippen LogP contribution is 2.38. The third kappa shape index (κ3) is 4.39. The number of aliphatic imine (C=N–C) groups is 1. The maximum atomic E-state index is 12.2. The molecule has 5 nitrogen and oxygen atoms in total. The minimum absolute atomic E-state index is 0.0435. The number of methoxy groups -OCH3 is 1. The van der Waals surface area contributed by atoms with Crippen LogP contribution >= 0.6 is 27.5 Å². The fourth-order valence-corrected chi connectivity index (χ4v) is 3.31. The molecular weight excluding hydrogens is 446 g/mol. The van der Waals surface area contributed by atoms with Gasteiger partial charge in [-0.25, -0.2) is 9.79 Å². The van der Waals surface area contributed by atoms with Crippen LogP contribution in [0.15, 0.2) is 51.6 Å². The van der Waals surface area contributed by atoms with Crippen molar-refractivity contribution < 1.29 is 19.0 Å². The summed E-state index contributed by atoms with van der Waals surface area (Å²) in [6.07, 6.45) is 2.54. The SMILES string of the molecule is CCC(C)Oc1c(Br)cc(/C=C2\N=C(c3ccccc3Cl)OC2=O)cc1OC. The first-order valence-corrected chi connectivity index (χ1v) is 9.91. The van der Waals surface area contributed by atoms with E-state index >= 15 is 0 Å². The summed E-state index contributed by atoms with van der Waals surface area (Å²) in [5, 5.41) is 0.464. The Hall–Kier alpha value is -2.31. The van der Waals surface area contributed by atoms with Crippen molar-refractivity contribution in [3.05, 3.63) is 62.7 Å². The fourth-order valence-electron chi connectivity index (χ4n) is 2.54. The number of hydrogen-bond acceptors (Lipinski definition) is 5. The van der Waals surface area contributed by atoms with Crippen LogP contribution < -0.4 is 9.47 Å². The normalized spacial score (nSPS) is 16.0. The Kier molecular flexibility index (Phi) is 6.42. The number of cyclic esters (lactones) is 1. The second kappa shape index (κ2) is 8.80. The lowest BCUT2D eigenvalue weighted by molar-refractivity contribution is -0.129. The van der Waals surface area contributed by atoms with Crippen molar-refractivity contribution in [1.82, 2.24) is 0 Å². The van der Waals surface area contributed by atoms with Crippen molar-refractivity contribution in [2.45, 2.75) is 26.4 Å². The first kappa shape index (κ1) is 20.4. The van der Waals surface area contributed by atoms with Crippen LogP contribution in [0.25, 0.3) is 6.08 Å². The van der Waals surface area contributed by atoms with Crippen LogP contribution in [0.3, 0.4) is 0 Å². The van der Waals surface area contributed by atoms with Crippen LogP contribution in [0.1, 0.15) is 31.4 Å². The molecule has 3 rings (SSSR count). The van der Waals surface area contributed by atoms with Gasteiger partial charge in [0.1, 0.15) is 0 Å². The highest BCUT2D eigenvalue weighted by atomic mass is 79.9. The summed E-state index contributed by atoms with van der Waals surface area (Å²) in [5.74, 6) is 0.825. The third-order valence-electron chi connectivity index (χ3n) is 4.17. The number of esters is 1. The molecule has 1 aliphatic heterocycles. The molecule has 1 aliphatic rings. The van der Waals surface area contributed by atoms with Crippen LogP contribution in [-0.2, 0) is 9.53 Å². The average Bonchev–Trinajstić information content (AvgIpc) is 3.03. The molecule has 0 spiro atoms. The second-order valence-electron chi connectivity index (χ2n) is 6.19. The predicted molar refractivity (Wildman–Crippen MR) is 113 cm³/mol. The number of hydrogen-bond donors (Lipinski definition) is 0. The molecule has 0 aromatic heterocycles. The molecule has 146 valence electrons.